The minimum atomic E-state index is -2.19. The molecule has 0 aromatic rings. The van der Waals surface area contributed by atoms with E-state index in [1.54, 1.807) is 0 Å². The molecule has 0 aliphatic rings. The van der Waals surface area contributed by atoms with Crippen molar-refractivity contribution in [2.24, 2.45) is 0 Å². The number of rotatable bonds is 0. The zero-order valence-corrected chi connectivity index (χ0v) is 18.5. The Morgan fingerprint density at radius 1 is 0.219 bits per heavy atom. The first-order chi connectivity index (χ1) is 10.6. The number of aliphatic carboxylic acids is 8. The molecule has 136 valence electrons. The molecule has 32 heavy (non-hydrogen) atoms. The monoisotopic (exact) mass is 408 g/mol. The van der Waals surface area contributed by atoms with Gasteiger partial charge >= 0.3 is 151 Å². The van der Waals surface area contributed by atoms with Gasteiger partial charge in [-0.1, -0.05) is 0 Å². The molecular weight excluding hydrogens is 408 g/mol. The van der Waals surface area contributed by atoms with Crippen molar-refractivity contribution in [1.29, 1.82) is 0 Å². The third kappa shape index (κ3) is 97.4. The fourth-order valence-electron chi connectivity index (χ4n) is 0. The minimum Gasteiger partial charge on any atom is -0.543 e. The Labute approximate surface area is 274 Å². The van der Waals surface area contributed by atoms with Crippen molar-refractivity contribution in [2.75, 3.05) is 0 Å². The molecule has 16 nitrogen and oxygen atoms in total. The average molecular weight is 408 g/mol. The van der Waals surface area contributed by atoms with E-state index in [0.29, 0.717) is 0 Å². The largest absolute Gasteiger partial charge is 1.00 e. The van der Waals surface area contributed by atoms with Gasteiger partial charge in [-0.25, -0.2) is 0 Å². The Morgan fingerprint density at radius 3 is 0.250 bits per heavy atom. The number of carbonyl (C=O) groups is 8. The van der Waals surface area contributed by atoms with Gasteiger partial charge in [0.2, 0.25) is 0 Å². The molecule has 0 spiro atoms. The second kappa shape index (κ2) is 48.8. The molecule has 0 saturated carbocycles. The predicted molar refractivity (Wildman–Crippen MR) is 40.1 cm³/mol. The van der Waals surface area contributed by atoms with Crippen LogP contribution in [0.4, 0.5) is 0 Å². The van der Waals surface area contributed by atoms with Gasteiger partial charge in [-0.05, 0) is 0 Å². The van der Waals surface area contributed by atoms with Crippen LogP contribution in [0, 0.1) is 0 Å². The summed E-state index contributed by atoms with van der Waals surface area (Å²) < 4.78 is 0. The van der Waals surface area contributed by atoms with Gasteiger partial charge in [-0.3, -0.25) is 0 Å². The second-order valence-corrected chi connectivity index (χ2v) is 2.30. The number of carboxylic acid groups (broad SMARTS) is 8. The summed E-state index contributed by atoms with van der Waals surface area (Å²) in [6, 6.07) is 0. The molecule has 0 radical (unpaired) electrons. The normalized spacial score (nSPS) is 5.50. The molecule has 0 N–H and O–H groups in total. The number of hydrogen-bond donors (Lipinski definition) is 0. The number of carboxylic acids is 8. The van der Waals surface area contributed by atoms with Gasteiger partial charge in [0.05, 0.1) is 47.8 Å². The Kier molecular flexibility index (Phi) is 117. The molecule has 0 amide bonds. The van der Waals surface area contributed by atoms with Crippen LogP contribution in [0.5, 0.6) is 0 Å². The smallest absolute Gasteiger partial charge is 0.543 e. The molecular formula is C8Li8O16. The fraction of sp³-hybridized carbons (Fsp3) is 0. The third-order valence-corrected chi connectivity index (χ3v) is 0.667. The Morgan fingerprint density at radius 2 is 0.250 bits per heavy atom. The summed E-state index contributed by atoms with van der Waals surface area (Å²) in [7, 11) is 0. The first kappa shape index (κ1) is 76.7. The summed E-state index contributed by atoms with van der Waals surface area (Å²) in [5.74, 6) is -17.5. The first-order valence-corrected chi connectivity index (χ1v) is 4.27. The summed E-state index contributed by atoms with van der Waals surface area (Å²) in [5.41, 5.74) is 0. The van der Waals surface area contributed by atoms with Gasteiger partial charge in [0.15, 0.2) is 0 Å². The molecule has 0 bridgehead atoms. The van der Waals surface area contributed by atoms with Gasteiger partial charge in [-0.2, -0.15) is 0 Å². The van der Waals surface area contributed by atoms with E-state index in [1.165, 1.54) is 0 Å². The van der Waals surface area contributed by atoms with E-state index in [2.05, 4.69) is 0 Å². The Balaban J connectivity index is -0.0000000154. The van der Waals surface area contributed by atoms with E-state index >= 15 is 0 Å². The molecule has 0 aliphatic carbocycles. The van der Waals surface area contributed by atoms with Crippen molar-refractivity contribution in [2.45, 2.75) is 0 Å². The quantitative estimate of drug-likeness (QED) is 0.265. The second-order valence-electron chi connectivity index (χ2n) is 2.30. The number of carbonyl (C=O) groups excluding carboxylic acids is 8. The third-order valence-electron chi connectivity index (χ3n) is 0.667. The maximum atomic E-state index is 8.93. The van der Waals surface area contributed by atoms with Crippen LogP contribution >= 0.6 is 0 Å². The standard InChI is InChI=1S/4C2H2O4.8Li/c4*3-1(4)2(5)6;;;;;;;;/h4*(H,3,4)(H,5,6);;;;;;;;/q;;;;8*+1/p-8. The topological polar surface area (TPSA) is 321 Å². The molecule has 0 aliphatic heterocycles. The van der Waals surface area contributed by atoms with Crippen molar-refractivity contribution in [3.8, 4) is 0 Å². The molecule has 0 rings (SSSR count). The fourth-order valence-corrected chi connectivity index (χ4v) is 0. The van der Waals surface area contributed by atoms with E-state index in [1.807, 2.05) is 0 Å². The van der Waals surface area contributed by atoms with E-state index < -0.39 is 47.8 Å². The van der Waals surface area contributed by atoms with E-state index in [4.69, 9.17) is 79.2 Å². The van der Waals surface area contributed by atoms with Crippen molar-refractivity contribution in [3.05, 3.63) is 0 Å². The molecule has 0 fully saturated rings. The summed E-state index contributed by atoms with van der Waals surface area (Å²) in [4.78, 5) is 71.4. The molecule has 0 heterocycles. The van der Waals surface area contributed by atoms with Gasteiger partial charge in [0.25, 0.3) is 0 Å². The maximum absolute atomic E-state index is 8.93. The van der Waals surface area contributed by atoms with E-state index in [0.717, 1.165) is 0 Å². The molecule has 0 atom stereocenters. The minimum absolute atomic E-state index is 0. The zero-order chi connectivity index (χ0) is 20.6. The molecule has 0 aromatic heterocycles. The first-order valence-electron chi connectivity index (χ1n) is 4.27. The van der Waals surface area contributed by atoms with Crippen LogP contribution in [0.2, 0.25) is 0 Å². The molecule has 0 saturated heterocycles. The molecule has 0 aromatic carbocycles. The summed E-state index contributed by atoms with van der Waals surface area (Å²) >= 11 is 0. The van der Waals surface area contributed by atoms with Crippen LogP contribution in [0.25, 0.3) is 0 Å². The van der Waals surface area contributed by atoms with Crippen LogP contribution < -0.4 is 192 Å². The van der Waals surface area contributed by atoms with Gasteiger partial charge < -0.3 is 79.2 Å². The van der Waals surface area contributed by atoms with Gasteiger partial charge in [0.1, 0.15) is 0 Å². The van der Waals surface area contributed by atoms with Crippen molar-refractivity contribution < 1.29 is 230 Å². The Hall–Kier alpha value is 0.539. The Bertz CT molecular complexity index is 408. The van der Waals surface area contributed by atoms with Crippen LogP contribution in [-0.2, 0) is 38.4 Å². The molecule has 24 heteroatoms. The zero-order valence-electron chi connectivity index (χ0n) is 18.5. The molecule has 0 unspecified atom stereocenters. The van der Waals surface area contributed by atoms with E-state index in [-0.39, 0.29) is 151 Å². The van der Waals surface area contributed by atoms with Crippen molar-refractivity contribution in [3.63, 3.8) is 0 Å². The summed E-state index contributed by atoms with van der Waals surface area (Å²) in [6.07, 6.45) is 0. The van der Waals surface area contributed by atoms with Gasteiger partial charge in [-0.15, -0.1) is 0 Å². The van der Waals surface area contributed by atoms with E-state index in [9.17, 15) is 0 Å². The van der Waals surface area contributed by atoms with Crippen LogP contribution in [0.15, 0.2) is 0 Å². The average Bonchev–Trinajstić information content (AvgIpc) is 2.40. The summed E-state index contributed by atoms with van der Waals surface area (Å²) in [5, 5.41) is 71.4. The summed E-state index contributed by atoms with van der Waals surface area (Å²) in [6.45, 7) is 0. The van der Waals surface area contributed by atoms with Crippen molar-refractivity contribution >= 4 is 47.8 Å². The maximum Gasteiger partial charge on any atom is 1.00 e. The van der Waals surface area contributed by atoms with Gasteiger partial charge in [0, 0.05) is 0 Å². The van der Waals surface area contributed by atoms with Crippen LogP contribution in [0.3, 0.4) is 0 Å². The predicted octanol–water partition coefficient (Wildman–Crippen LogP) is -38.0. The van der Waals surface area contributed by atoms with Crippen LogP contribution in [-0.4, -0.2) is 47.8 Å². The van der Waals surface area contributed by atoms with Crippen LogP contribution in [0.1, 0.15) is 0 Å². The van der Waals surface area contributed by atoms with Crippen molar-refractivity contribution in [1.82, 2.24) is 0 Å². The SMILES string of the molecule is O=C([O-])C(=O)[O-].O=C([O-])C(=O)[O-].O=C([O-])C(=O)[O-].O=C([O-])C(=O)[O-].[Li+].[Li+].[Li+].[Li+].[Li+].[Li+].[Li+].[Li+]. The number of hydrogen-bond acceptors (Lipinski definition) is 16.